The van der Waals surface area contributed by atoms with Gasteiger partial charge in [0.15, 0.2) is 0 Å². The Kier molecular flexibility index (Phi) is 6.59. The topological polar surface area (TPSA) is 80.0 Å². The molecule has 6 heteroatoms. The van der Waals surface area contributed by atoms with Gasteiger partial charge in [0, 0.05) is 25.1 Å². The molecule has 0 saturated carbocycles. The Morgan fingerprint density at radius 1 is 1.17 bits per heavy atom. The zero-order valence-corrected chi connectivity index (χ0v) is 13.7. The Balaban J connectivity index is 1.65. The van der Waals surface area contributed by atoms with E-state index >= 15 is 0 Å². The number of nitrogens with one attached hydrogen (secondary N) is 2. The summed E-state index contributed by atoms with van der Waals surface area (Å²) in [4.78, 5) is 15.9. The number of rotatable bonds is 8. The van der Waals surface area contributed by atoms with Crippen molar-refractivity contribution in [2.75, 3.05) is 13.1 Å². The number of aromatic nitrogens is 2. The van der Waals surface area contributed by atoms with Gasteiger partial charge in [-0.2, -0.15) is 4.98 Å². The first-order chi connectivity index (χ1) is 11.1. The van der Waals surface area contributed by atoms with Crippen molar-refractivity contribution >= 4 is 6.03 Å². The first-order valence-electron chi connectivity index (χ1n) is 8.05. The minimum absolute atomic E-state index is 0.124. The molecule has 124 valence electrons. The van der Waals surface area contributed by atoms with Crippen LogP contribution in [0.3, 0.4) is 0 Å². The fourth-order valence-electron chi connectivity index (χ4n) is 2.04. The van der Waals surface area contributed by atoms with E-state index in [0.29, 0.717) is 37.1 Å². The van der Waals surface area contributed by atoms with Crippen LogP contribution in [-0.2, 0) is 6.42 Å². The molecular formula is C17H24N4O2. The van der Waals surface area contributed by atoms with Crippen molar-refractivity contribution in [1.29, 1.82) is 0 Å². The molecule has 0 spiro atoms. The predicted octanol–water partition coefficient (Wildman–Crippen LogP) is 3.01. The van der Waals surface area contributed by atoms with Gasteiger partial charge >= 0.3 is 6.03 Å². The summed E-state index contributed by atoms with van der Waals surface area (Å²) in [5, 5.41) is 9.63. The maximum Gasteiger partial charge on any atom is 0.314 e. The van der Waals surface area contributed by atoms with E-state index in [4.69, 9.17) is 4.52 Å². The lowest BCUT2D eigenvalue weighted by Gasteiger charge is -2.08. The molecule has 2 aromatic rings. The van der Waals surface area contributed by atoms with Crippen LogP contribution in [0, 0.1) is 5.92 Å². The normalized spacial score (nSPS) is 10.7. The number of carbonyl (C=O) groups is 1. The summed E-state index contributed by atoms with van der Waals surface area (Å²) in [6.45, 7) is 5.55. The molecule has 6 nitrogen and oxygen atoms in total. The zero-order valence-electron chi connectivity index (χ0n) is 13.7. The molecule has 0 atom stereocenters. The minimum Gasteiger partial charge on any atom is -0.339 e. The van der Waals surface area contributed by atoms with Crippen molar-refractivity contribution in [3.05, 3.63) is 36.2 Å². The molecule has 0 aliphatic rings. The van der Waals surface area contributed by atoms with E-state index in [9.17, 15) is 4.79 Å². The van der Waals surface area contributed by atoms with Crippen molar-refractivity contribution < 1.29 is 9.32 Å². The number of carbonyl (C=O) groups excluding carboxylic acids is 1. The van der Waals surface area contributed by atoms with Crippen LogP contribution in [0.15, 0.2) is 34.9 Å². The second kappa shape index (κ2) is 8.92. The van der Waals surface area contributed by atoms with E-state index < -0.39 is 0 Å². The van der Waals surface area contributed by atoms with Crippen LogP contribution < -0.4 is 10.6 Å². The third-order valence-electron chi connectivity index (χ3n) is 3.36. The fourth-order valence-corrected chi connectivity index (χ4v) is 2.04. The Morgan fingerprint density at radius 3 is 2.65 bits per heavy atom. The van der Waals surface area contributed by atoms with E-state index in [-0.39, 0.29) is 6.03 Å². The summed E-state index contributed by atoms with van der Waals surface area (Å²) in [5.74, 6) is 1.78. The van der Waals surface area contributed by atoms with Crippen molar-refractivity contribution in [2.45, 2.75) is 33.1 Å². The zero-order chi connectivity index (χ0) is 16.5. The summed E-state index contributed by atoms with van der Waals surface area (Å²) in [6, 6.07) is 9.58. The van der Waals surface area contributed by atoms with Gasteiger partial charge in [0.2, 0.25) is 11.7 Å². The summed E-state index contributed by atoms with van der Waals surface area (Å²) in [5.41, 5.74) is 0.935. The molecular weight excluding hydrogens is 292 g/mol. The van der Waals surface area contributed by atoms with E-state index in [1.165, 1.54) is 0 Å². The number of hydrogen-bond donors (Lipinski definition) is 2. The first-order valence-corrected chi connectivity index (χ1v) is 8.05. The van der Waals surface area contributed by atoms with Crippen molar-refractivity contribution in [2.24, 2.45) is 5.92 Å². The average molecular weight is 316 g/mol. The second-order valence-electron chi connectivity index (χ2n) is 5.85. The van der Waals surface area contributed by atoms with E-state index in [1.807, 2.05) is 30.3 Å². The molecule has 2 amide bonds. The standard InChI is InChI=1S/C17H24N4O2/c1-13(2)10-12-19-17(22)18-11-6-9-15-20-16(21-23-15)14-7-4-3-5-8-14/h3-5,7-8,13H,6,9-12H2,1-2H3,(H2,18,19,22). The summed E-state index contributed by atoms with van der Waals surface area (Å²) in [7, 11) is 0. The van der Waals surface area contributed by atoms with Gasteiger partial charge in [0.25, 0.3) is 0 Å². The van der Waals surface area contributed by atoms with Crippen LogP contribution in [0.2, 0.25) is 0 Å². The fraction of sp³-hybridized carbons (Fsp3) is 0.471. The van der Waals surface area contributed by atoms with Crippen LogP contribution in [0.5, 0.6) is 0 Å². The van der Waals surface area contributed by atoms with Gasteiger partial charge in [0.1, 0.15) is 0 Å². The highest BCUT2D eigenvalue weighted by Crippen LogP contribution is 2.15. The molecule has 0 bridgehead atoms. The van der Waals surface area contributed by atoms with Gasteiger partial charge in [-0.1, -0.05) is 49.3 Å². The molecule has 0 saturated heterocycles. The molecule has 0 aliphatic heterocycles. The number of amides is 2. The second-order valence-corrected chi connectivity index (χ2v) is 5.85. The minimum atomic E-state index is -0.124. The lowest BCUT2D eigenvalue weighted by Crippen LogP contribution is -2.36. The highest BCUT2D eigenvalue weighted by Gasteiger charge is 2.08. The van der Waals surface area contributed by atoms with E-state index in [0.717, 1.165) is 18.4 Å². The summed E-state index contributed by atoms with van der Waals surface area (Å²) >= 11 is 0. The van der Waals surface area contributed by atoms with Gasteiger partial charge in [0.05, 0.1) is 0 Å². The molecule has 2 N–H and O–H groups in total. The SMILES string of the molecule is CC(C)CCNC(=O)NCCCc1nc(-c2ccccc2)no1. The van der Waals surface area contributed by atoms with Gasteiger partial charge < -0.3 is 15.2 Å². The molecule has 0 radical (unpaired) electrons. The summed E-state index contributed by atoms with van der Waals surface area (Å²) < 4.78 is 5.23. The third kappa shape index (κ3) is 6.10. The lowest BCUT2D eigenvalue weighted by molar-refractivity contribution is 0.240. The van der Waals surface area contributed by atoms with E-state index in [2.05, 4.69) is 34.6 Å². The molecule has 1 aromatic carbocycles. The lowest BCUT2D eigenvalue weighted by atomic mass is 10.1. The van der Waals surface area contributed by atoms with Crippen LogP contribution in [0.25, 0.3) is 11.4 Å². The van der Waals surface area contributed by atoms with Crippen LogP contribution in [-0.4, -0.2) is 29.3 Å². The molecule has 0 fully saturated rings. The smallest absolute Gasteiger partial charge is 0.314 e. The van der Waals surface area contributed by atoms with E-state index in [1.54, 1.807) is 0 Å². The van der Waals surface area contributed by atoms with Gasteiger partial charge in [-0.25, -0.2) is 4.79 Å². The maximum absolute atomic E-state index is 11.6. The first kappa shape index (κ1) is 17.0. The van der Waals surface area contributed by atoms with Crippen molar-refractivity contribution in [3.63, 3.8) is 0 Å². The third-order valence-corrected chi connectivity index (χ3v) is 3.36. The molecule has 1 aromatic heterocycles. The monoisotopic (exact) mass is 316 g/mol. The van der Waals surface area contributed by atoms with Gasteiger partial charge in [-0.3, -0.25) is 0 Å². The molecule has 0 aliphatic carbocycles. The van der Waals surface area contributed by atoms with Crippen molar-refractivity contribution in [1.82, 2.24) is 20.8 Å². The Morgan fingerprint density at radius 2 is 1.91 bits per heavy atom. The van der Waals surface area contributed by atoms with Crippen LogP contribution in [0.1, 0.15) is 32.6 Å². The number of hydrogen-bond acceptors (Lipinski definition) is 4. The highest BCUT2D eigenvalue weighted by molar-refractivity contribution is 5.73. The Bertz CT molecular complexity index is 596. The number of urea groups is 1. The Hall–Kier alpha value is -2.37. The maximum atomic E-state index is 11.6. The largest absolute Gasteiger partial charge is 0.339 e. The van der Waals surface area contributed by atoms with Crippen LogP contribution >= 0.6 is 0 Å². The predicted molar refractivity (Wildman–Crippen MR) is 88.9 cm³/mol. The van der Waals surface area contributed by atoms with Crippen molar-refractivity contribution in [3.8, 4) is 11.4 Å². The molecule has 1 heterocycles. The quantitative estimate of drug-likeness (QED) is 0.734. The Labute approximate surface area is 136 Å². The van der Waals surface area contributed by atoms with Crippen LogP contribution in [0.4, 0.5) is 4.79 Å². The summed E-state index contributed by atoms with van der Waals surface area (Å²) in [6.07, 6.45) is 2.39. The molecule has 23 heavy (non-hydrogen) atoms. The number of benzene rings is 1. The van der Waals surface area contributed by atoms with Gasteiger partial charge in [-0.15, -0.1) is 0 Å². The molecule has 2 rings (SSSR count). The average Bonchev–Trinajstić information content (AvgIpc) is 3.01. The number of aryl methyl sites for hydroxylation is 1. The number of nitrogens with zero attached hydrogens (tertiary/aromatic N) is 2. The van der Waals surface area contributed by atoms with Gasteiger partial charge in [-0.05, 0) is 18.8 Å². The highest BCUT2D eigenvalue weighted by atomic mass is 16.5. The molecule has 0 unspecified atom stereocenters.